The van der Waals surface area contributed by atoms with E-state index < -0.39 is 11.9 Å². The monoisotopic (exact) mass is 620 g/mol. The Morgan fingerprint density at radius 3 is 1.56 bits per heavy atom. The summed E-state index contributed by atoms with van der Waals surface area (Å²) < 4.78 is 34.4. The number of amides is 1. The third-order valence-electron chi connectivity index (χ3n) is 7.09. The van der Waals surface area contributed by atoms with Crippen molar-refractivity contribution >= 4 is 11.9 Å². The predicted octanol–water partition coefficient (Wildman–Crippen LogP) is 5.72. The lowest BCUT2D eigenvalue weighted by Gasteiger charge is -2.00. The summed E-state index contributed by atoms with van der Waals surface area (Å²) in [6.45, 7) is 11.4. The standard InChI is InChI=1S/C31H36N6O8/c1-8-15-22(35-30(43-15)25-18(11-4)44-28(36-25)23-16(9-2)41-20(13-6)33-23)27(38)32-14-21-34-24(17(10-3)42-21)29-37-26(31(39)40-7)19(12-5)45-29/h8-14H2,1-7H3,(H,32,38). The van der Waals surface area contributed by atoms with Gasteiger partial charge >= 0.3 is 5.97 Å². The number of carbonyl (C=O) groups excluding carboxylic acids is 2. The molecule has 1 amide bonds. The second kappa shape index (κ2) is 13.3. The molecular formula is C31H36N6O8. The van der Waals surface area contributed by atoms with Gasteiger partial charge in [0.15, 0.2) is 34.4 Å². The highest BCUT2D eigenvalue weighted by Gasteiger charge is 2.28. The second-order valence-corrected chi connectivity index (χ2v) is 9.93. The molecule has 0 atom stereocenters. The van der Waals surface area contributed by atoms with Gasteiger partial charge in [0.25, 0.3) is 5.91 Å². The molecule has 5 aromatic rings. The number of ether oxygens (including phenoxy) is 1. The van der Waals surface area contributed by atoms with Crippen LogP contribution in [0.2, 0.25) is 0 Å². The number of carbonyl (C=O) groups is 2. The van der Waals surface area contributed by atoms with Crippen LogP contribution < -0.4 is 5.32 Å². The number of nitrogens with zero attached hydrogens (tertiary/aromatic N) is 5. The van der Waals surface area contributed by atoms with E-state index in [0.717, 1.165) is 0 Å². The minimum absolute atomic E-state index is 0.0393. The molecule has 5 rings (SSSR count). The van der Waals surface area contributed by atoms with Crippen molar-refractivity contribution in [2.45, 2.75) is 86.6 Å². The fourth-order valence-corrected chi connectivity index (χ4v) is 4.76. The van der Waals surface area contributed by atoms with E-state index in [0.29, 0.717) is 96.2 Å². The van der Waals surface area contributed by atoms with E-state index in [1.165, 1.54) is 7.11 Å². The molecule has 1 N–H and O–H groups in total. The number of rotatable bonds is 13. The highest BCUT2D eigenvalue weighted by atomic mass is 16.5. The molecule has 0 aliphatic carbocycles. The SMILES string of the molecule is CCc1nc(-c2nc(-c3nc(C(=O)NCc4nc(-c5nc(C(=O)OC)c(CC)o5)c(CC)o4)c(CC)o3)c(CC)o2)c(CC)o1. The zero-order valence-electron chi connectivity index (χ0n) is 26.5. The maximum Gasteiger partial charge on any atom is 0.360 e. The van der Waals surface area contributed by atoms with Gasteiger partial charge in [-0.25, -0.2) is 29.7 Å². The summed E-state index contributed by atoms with van der Waals surface area (Å²) in [6, 6.07) is 0. The molecule has 0 saturated heterocycles. The van der Waals surface area contributed by atoms with Gasteiger partial charge in [-0.15, -0.1) is 0 Å². The fraction of sp³-hybridized carbons (Fsp3) is 0.452. The molecule has 14 heteroatoms. The van der Waals surface area contributed by atoms with Crippen molar-refractivity contribution in [3.8, 4) is 34.8 Å². The molecule has 0 radical (unpaired) electrons. The van der Waals surface area contributed by atoms with Gasteiger partial charge in [-0.2, -0.15) is 0 Å². The topological polar surface area (TPSA) is 186 Å². The zero-order valence-corrected chi connectivity index (χ0v) is 26.5. The van der Waals surface area contributed by atoms with Crippen LogP contribution in [-0.2, 0) is 49.8 Å². The largest absolute Gasteiger partial charge is 0.464 e. The van der Waals surface area contributed by atoms with E-state index in [2.05, 4.69) is 30.2 Å². The van der Waals surface area contributed by atoms with Crippen molar-refractivity contribution in [3.63, 3.8) is 0 Å². The Morgan fingerprint density at radius 2 is 1.00 bits per heavy atom. The molecule has 0 aromatic carbocycles. The average molecular weight is 621 g/mol. The van der Waals surface area contributed by atoms with Crippen molar-refractivity contribution in [2.75, 3.05) is 7.11 Å². The number of methoxy groups -OCH3 is 1. The lowest BCUT2D eigenvalue weighted by Crippen LogP contribution is -2.24. The van der Waals surface area contributed by atoms with Crippen LogP contribution in [-0.4, -0.2) is 43.9 Å². The molecule has 45 heavy (non-hydrogen) atoms. The van der Waals surface area contributed by atoms with Crippen molar-refractivity contribution in [3.05, 3.63) is 52.0 Å². The zero-order chi connectivity index (χ0) is 32.2. The normalized spacial score (nSPS) is 11.4. The van der Waals surface area contributed by atoms with Crippen LogP contribution in [0, 0.1) is 0 Å². The van der Waals surface area contributed by atoms with Crippen LogP contribution in [0.25, 0.3) is 34.8 Å². The molecule has 0 spiro atoms. The lowest BCUT2D eigenvalue weighted by molar-refractivity contribution is 0.0592. The molecule has 0 saturated carbocycles. The first kappa shape index (κ1) is 31.4. The van der Waals surface area contributed by atoms with Gasteiger partial charge in [-0.05, 0) is 0 Å². The molecule has 0 aliphatic heterocycles. The maximum atomic E-state index is 13.3. The fourth-order valence-electron chi connectivity index (χ4n) is 4.76. The van der Waals surface area contributed by atoms with E-state index in [9.17, 15) is 9.59 Å². The second-order valence-electron chi connectivity index (χ2n) is 9.93. The molecule has 14 nitrogen and oxygen atoms in total. The number of nitrogens with one attached hydrogen (secondary N) is 1. The summed E-state index contributed by atoms with van der Waals surface area (Å²) in [5, 5.41) is 2.80. The van der Waals surface area contributed by atoms with Crippen LogP contribution in [0.1, 0.15) is 103 Å². The van der Waals surface area contributed by atoms with E-state index in [-0.39, 0.29) is 35.6 Å². The average Bonchev–Trinajstić information content (AvgIpc) is 3.89. The Labute approximate surface area is 259 Å². The van der Waals surface area contributed by atoms with Crippen LogP contribution >= 0.6 is 0 Å². The van der Waals surface area contributed by atoms with Crippen LogP contribution in [0.15, 0.2) is 22.1 Å². The van der Waals surface area contributed by atoms with Gasteiger partial charge in [0.05, 0.1) is 13.7 Å². The summed E-state index contributed by atoms with van der Waals surface area (Å²) in [5.74, 6) is 2.88. The molecular weight excluding hydrogens is 584 g/mol. The smallest absolute Gasteiger partial charge is 0.360 e. The van der Waals surface area contributed by atoms with Gasteiger partial charge in [-0.3, -0.25) is 4.79 Å². The van der Waals surface area contributed by atoms with Crippen LogP contribution in [0.5, 0.6) is 0 Å². The minimum Gasteiger partial charge on any atom is -0.464 e. The number of oxazole rings is 5. The summed E-state index contributed by atoms with van der Waals surface area (Å²) >= 11 is 0. The Morgan fingerprint density at radius 1 is 0.556 bits per heavy atom. The minimum atomic E-state index is -0.600. The first-order valence-corrected chi connectivity index (χ1v) is 15.1. The first-order valence-electron chi connectivity index (χ1n) is 15.1. The Hall–Kier alpha value is -5.01. The summed E-state index contributed by atoms with van der Waals surface area (Å²) in [5.41, 5.74) is 1.51. The maximum absolute atomic E-state index is 13.3. The molecule has 5 heterocycles. The quantitative estimate of drug-likeness (QED) is 0.158. The van der Waals surface area contributed by atoms with Gasteiger partial charge in [0, 0.05) is 38.5 Å². The number of hydrogen-bond donors (Lipinski definition) is 1. The van der Waals surface area contributed by atoms with Crippen molar-refractivity contribution < 1.29 is 36.4 Å². The molecule has 0 aliphatic rings. The highest BCUT2D eigenvalue weighted by molar-refractivity contribution is 5.93. The van der Waals surface area contributed by atoms with E-state index in [1.54, 1.807) is 0 Å². The van der Waals surface area contributed by atoms with Gasteiger partial charge < -0.3 is 32.1 Å². The predicted molar refractivity (Wildman–Crippen MR) is 158 cm³/mol. The number of aryl methyl sites for hydroxylation is 6. The Bertz CT molecular complexity index is 1820. The number of hydrogen-bond acceptors (Lipinski definition) is 13. The van der Waals surface area contributed by atoms with Gasteiger partial charge in [0.1, 0.15) is 28.8 Å². The van der Waals surface area contributed by atoms with E-state index in [4.69, 9.17) is 26.8 Å². The van der Waals surface area contributed by atoms with Crippen molar-refractivity contribution in [2.24, 2.45) is 0 Å². The van der Waals surface area contributed by atoms with E-state index in [1.807, 2.05) is 41.5 Å². The van der Waals surface area contributed by atoms with Crippen molar-refractivity contribution in [1.29, 1.82) is 0 Å². The van der Waals surface area contributed by atoms with E-state index >= 15 is 0 Å². The molecule has 0 unspecified atom stereocenters. The van der Waals surface area contributed by atoms with Crippen molar-refractivity contribution in [1.82, 2.24) is 30.2 Å². The highest BCUT2D eigenvalue weighted by Crippen LogP contribution is 2.32. The number of esters is 1. The van der Waals surface area contributed by atoms with Crippen LogP contribution in [0.3, 0.4) is 0 Å². The Balaban J connectivity index is 1.38. The molecule has 0 bridgehead atoms. The first-order chi connectivity index (χ1) is 21.8. The lowest BCUT2D eigenvalue weighted by atomic mass is 10.2. The third-order valence-corrected chi connectivity index (χ3v) is 7.09. The summed E-state index contributed by atoms with van der Waals surface area (Å²) in [7, 11) is 1.28. The third kappa shape index (κ3) is 6.04. The molecule has 5 aromatic heterocycles. The summed E-state index contributed by atoms with van der Waals surface area (Å²) in [6.07, 6.45) is 3.13. The molecule has 0 fully saturated rings. The van der Waals surface area contributed by atoms with Gasteiger partial charge in [0.2, 0.25) is 23.6 Å². The Kier molecular flexibility index (Phi) is 9.30. The van der Waals surface area contributed by atoms with Gasteiger partial charge in [-0.1, -0.05) is 41.5 Å². The summed E-state index contributed by atoms with van der Waals surface area (Å²) in [4.78, 5) is 47.9. The number of aromatic nitrogens is 5. The molecule has 238 valence electrons. The van der Waals surface area contributed by atoms with Crippen LogP contribution in [0.4, 0.5) is 0 Å².